The monoisotopic (exact) mass is 287 g/mol. The van der Waals surface area contributed by atoms with Crippen LogP contribution in [0.2, 0.25) is 0 Å². The molecule has 0 aromatic carbocycles. The van der Waals surface area contributed by atoms with E-state index in [1.54, 1.807) is 0 Å². The predicted molar refractivity (Wildman–Crippen MR) is 77.5 cm³/mol. The van der Waals surface area contributed by atoms with Gasteiger partial charge in [0.25, 0.3) is 0 Å². The van der Waals surface area contributed by atoms with Gasteiger partial charge < -0.3 is 10.2 Å². The van der Waals surface area contributed by atoms with Crippen LogP contribution < -0.4 is 0 Å². The number of thioether (sulfide) groups is 1. The fraction of sp³-hybridized carbons (Fsp3) is 0.929. The van der Waals surface area contributed by atoms with Gasteiger partial charge in [-0.3, -0.25) is 9.69 Å². The largest absolute Gasteiger partial charge is 0.481 e. The second-order valence-electron chi connectivity index (χ2n) is 5.86. The summed E-state index contributed by atoms with van der Waals surface area (Å²) < 4.78 is 0. The molecule has 1 aliphatic carbocycles. The lowest BCUT2D eigenvalue weighted by atomic mass is 9.99. The molecule has 1 saturated heterocycles. The van der Waals surface area contributed by atoms with E-state index >= 15 is 0 Å². The van der Waals surface area contributed by atoms with E-state index in [1.165, 1.54) is 25.7 Å². The Morgan fingerprint density at radius 2 is 2.11 bits per heavy atom. The first-order valence-electron chi connectivity index (χ1n) is 7.37. The van der Waals surface area contributed by atoms with Crippen LogP contribution in [-0.2, 0) is 4.79 Å². The average molecular weight is 287 g/mol. The van der Waals surface area contributed by atoms with E-state index < -0.39 is 5.97 Å². The molecule has 2 aliphatic rings. The Hall–Kier alpha value is -0.260. The maximum Gasteiger partial charge on any atom is 0.304 e. The van der Waals surface area contributed by atoms with Crippen molar-refractivity contribution in [1.82, 2.24) is 4.90 Å². The lowest BCUT2D eigenvalue weighted by Gasteiger charge is -2.36. The Labute approximate surface area is 119 Å². The molecular formula is C14H25NO3S. The summed E-state index contributed by atoms with van der Waals surface area (Å²) >= 11 is 1.82. The molecule has 2 fully saturated rings. The quantitative estimate of drug-likeness (QED) is 0.780. The third kappa shape index (κ3) is 4.97. The van der Waals surface area contributed by atoms with E-state index in [0.29, 0.717) is 12.5 Å². The molecule has 0 aromatic heterocycles. The summed E-state index contributed by atoms with van der Waals surface area (Å²) in [5, 5.41) is 19.2. The molecule has 1 saturated carbocycles. The first kappa shape index (κ1) is 15.1. The highest BCUT2D eigenvalue weighted by molar-refractivity contribution is 7.99. The van der Waals surface area contributed by atoms with Gasteiger partial charge in [0.15, 0.2) is 0 Å². The molecule has 5 heteroatoms. The molecule has 2 rings (SSSR count). The molecule has 2 atom stereocenters. The number of carbonyl (C=O) groups is 1. The maximum absolute atomic E-state index is 10.9. The summed E-state index contributed by atoms with van der Waals surface area (Å²) in [6.07, 6.45) is 5.92. The van der Waals surface area contributed by atoms with Gasteiger partial charge in [-0.25, -0.2) is 0 Å². The average Bonchev–Trinajstić information content (AvgIpc) is 2.83. The normalized spacial score (nSPS) is 27.5. The van der Waals surface area contributed by atoms with Crippen LogP contribution in [0.3, 0.4) is 0 Å². The van der Waals surface area contributed by atoms with Crippen LogP contribution in [0.1, 0.15) is 38.5 Å². The number of aliphatic hydroxyl groups is 1. The van der Waals surface area contributed by atoms with Gasteiger partial charge in [-0.05, 0) is 12.3 Å². The van der Waals surface area contributed by atoms with Crippen molar-refractivity contribution < 1.29 is 15.0 Å². The molecule has 0 radical (unpaired) electrons. The van der Waals surface area contributed by atoms with Crippen molar-refractivity contribution in [1.29, 1.82) is 0 Å². The van der Waals surface area contributed by atoms with Gasteiger partial charge in [0.1, 0.15) is 0 Å². The van der Waals surface area contributed by atoms with Crippen molar-refractivity contribution in [3.63, 3.8) is 0 Å². The fourth-order valence-corrected chi connectivity index (χ4v) is 4.43. The van der Waals surface area contributed by atoms with Crippen molar-refractivity contribution >= 4 is 17.7 Å². The van der Waals surface area contributed by atoms with Crippen LogP contribution in [0.15, 0.2) is 0 Å². The first-order chi connectivity index (χ1) is 9.15. The van der Waals surface area contributed by atoms with Crippen LogP contribution in [0.5, 0.6) is 0 Å². The number of carboxylic acid groups (broad SMARTS) is 1. The zero-order valence-electron chi connectivity index (χ0n) is 11.5. The Morgan fingerprint density at radius 1 is 1.37 bits per heavy atom. The number of aliphatic carboxylic acids is 1. The molecule has 0 bridgehead atoms. The molecule has 19 heavy (non-hydrogen) atoms. The Kier molecular flexibility index (Phi) is 5.98. The zero-order chi connectivity index (χ0) is 13.7. The highest BCUT2D eigenvalue weighted by Gasteiger charge is 2.27. The van der Waals surface area contributed by atoms with Gasteiger partial charge in [0, 0.05) is 30.6 Å². The highest BCUT2D eigenvalue weighted by atomic mass is 32.2. The third-order valence-corrected chi connectivity index (χ3v) is 5.38. The molecule has 0 aromatic rings. The van der Waals surface area contributed by atoms with E-state index in [0.717, 1.165) is 24.5 Å². The second-order valence-corrected chi connectivity index (χ2v) is 7.01. The Morgan fingerprint density at radius 3 is 2.79 bits per heavy atom. The Balaban J connectivity index is 1.78. The van der Waals surface area contributed by atoms with E-state index in [2.05, 4.69) is 4.90 Å². The molecule has 2 N–H and O–H groups in total. The molecule has 0 spiro atoms. The molecule has 110 valence electrons. The number of rotatable bonds is 6. The third-order valence-electron chi connectivity index (χ3n) is 4.29. The molecule has 1 heterocycles. The van der Waals surface area contributed by atoms with Crippen molar-refractivity contribution in [2.24, 2.45) is 5.92 Å². The fourth-order valence-electron chi connectivity index (χ4n) is 3.30. The highest BCUT2D eigenvalue weighted by Crippen LogP contribution is 2.29. The molecule has 2 unspecified atom stereocenters. The number of β-amino-alcohol motifs (C(OH)–C–C–N with tert-alkyl or cyclic N) is 1. The molecule has 1 aliphatic heterocycles. The van der Waals surface area contributed by atoms with E-state index in [9.17, 15) is 9.90 Å². The van der Waals surface area contributed by atoms with Gasteiger partial charge in [-0.2, -0.15) is 11.8 Å². The van der Waals surface area contributed by atoms with Crippen LogP contribution in [0.25, 0.3) is 0 Å². The van der Waals surface area contributed by atoms with Crippen molar-refractivity contribution in [3.8, 4) is 0 Å². The van der Waals surface area contributed by atoms with E-state index in [-0.39, 0.29) is 18.6 Å². The minimum Gasteiger partial charge on any atom is -0.481 e. The van der Waals surface area contributed by atoms with Crippen LogP contribution in [0.4, 0.5) is 0 Å². The summed E-state index contributed by atoms with van der Waals surface area (Å²) in [5.74, 6) is 1.88. The number of nitrogens with zero attached hydrogens (tertiary/aromatic N) is 1. The predicted octanol–water partition coefficient (Wildman–Crippen LogP) is 1.82. The number of aliphatic hydroxyl groups excluding tert-OH is 1. The zero-order valence-corrected chi connectivity index (χ0v) is 12.3. The van der Waals surface area contributed by atoms with Gasteiger partial charge in [0.2, 0.25) is 0 Å². The lowest BCUT2D eigenvalue weighted by molar-refractivity contribution is -0.138. The number of hydrogen-bond donors (Lipinski definition) is 2. The van der Waals surface area contributed by atoms with Crippen molar-refractivity contribution in [2.45, 2.75) is 50.7 Å². The molecule has 4 nitrogen and oxygen atoms in total. The molecule has 0 amide bonds. The van der Waals surface area contributed by atoms with Crippen LogP contribution in [-0.4, -0.2) is 57.8 Å². The van der Waals surface area contributed by atoms with Crippen molar-refractivity contribution in [2.75, 3.05) is 24.6 Å². The minimum absolute atomic E-state index is 0.0921. The second kappa shape index (κ2) is 7.50. The maximum atomic E-state index is 10.9. The van der Waals surface area contributed by atoms with Crippen molar-refractivity contribution in [3.05, 3.63) is 0 Å². The SMILES string of the molecule is O=C(O)CC1CSCCN1CC(O)CC1CCCC1. The standard InChI is InChI=1S/C14H25NO3S/c16-13(7-11-3-1-2-4-11)9-15-5-6-19-10-12(15)8-14(17)18/h11-13,16H,1-10H2,(H,17,18). The summed E-state index contributed by atoms with van der Waals surface area (Å²) in [7, 11) is 0. The first-order valence-corrected chi connectivity index (χ1v) is 8.52. The topological polar surface area (TPSA) is 60.8 Å². The van der Waals surface area contributed by atoms with Gasteiger partial charge in [-0.1, -0.05) is 25.7 Å². The lowest BCUT2D eigenvalue weighted by Crippen LogP contribution is -2.47. The summed E-state index contributed by atoms with van der Waals surface area (Å²) in [5.41, 5.74) is 0. The van der Waals surface area contributed by atoms with E-state index in [4.69, 9.17) is 5.11 Å². The van der Waals surface area contributed by atoms with Gasteiger partial charge in [-0.15, -0.1) is 0 Å². The van der Waals surface area contributed by atoms with Gasteiger partial charge >= 0.3 is 5.97 Å². The summed E-state index contributed by atoms with van der Waals surface area (Å²) in [6, 6.07) is 0.0921. The number of carboxylic acids is 1. The summed E-state index contributed by atoms with van der Waals surface area (Å²) in [6.45, 7) is 1.55. The van der Waals surface area contributed by atoms with E-state index in [1.807, 2.05) is 11.8 Å². The van der Waals surface area contributed by atoms with Crippen LogP contribution >= 0.6 is 11.8 Å². The van der Waals surface area contributed by atoms with Gasteiger partial charge in [0.05, 0.1) is 12.5 Å². The number of hydrogen-bond acceptors (Lipinski definition) is 4. The molecular weight excluding hydrogens is 262 g/mol. The minimum atomic E-state index is -0.734. The summed E-state index contributed by atoms with van der Waals surface area (Å²) in [4.78, 5) is 13.1. The Bertz CT molecular complexity index is 294. The van der Waals surface area contributed by atoms with Crippen LogP contribution in [0, 0.1) is 5.92 Å². The smallest absolute Gasteiger partial charge is 0.304 e.